The number of halogens is 7. The first-order valence-corrected chi connectivity index (χ1v) is 14.6. The molecule has 0 bridgehead atoms. The number of aromatic nitrogens is 7. The Morgan fingerprint density at radius 2 is 1.72 bits per heavy atom. The Morgan fingerprint density at radius 1 is 0.978 bits per heavy atom. The molecular weight excluding hydrogens is 693 g/mol. The van der Waals surface area contributed by atoms with Crippen LogP contribution in [0.3, 0.4) is 0 Å². The van der Waals surface area contributed by atoms with Gasteiger partial charge in [-0.25, -0.2) is 9.67 Å². The van der Waals surface area contributed by atoms with E-state index in [2.05, 4.69) is 36.1 Å². The lowest BCUT2D eigenvalue weighted by atomic mass is 10.0. The molecule has 0 saturated heterocycles. The van der Waals surface area contributed by atoms with E-state index in [9.17, 15) is 22.8 Å². The summed E-state index contributed by atoms with van der Waals surface area (Å²) < 4.78 is 40.1. The Kier molecular flexibility index (Phi) is 9.54. The number of anilines is 1. The Labute approximate surface area is 278 Å². The third kappa shape index (κ3) is 7.09. The molecule has 0 spiro atoms. The highest BCUT2D eigenvalue weighted by Crippen LogP contribution is 2.32. The first-order valence-electron chi connectivity index (χ1n) is 13.1. The van der Waals surface area contributed by atoms with Crippen LogP contribution >= 0.6 is 46.4 Å². The van der Waals surface area contributed by atoms with E-state index in [1.165, 1.54) is 24.4 Å². The van der Waals surface area contributed by atoms with Crippen molar-refractivity contribution in [3.05, 3.63) is 109 Å². The first-order chi connectivity index (χ1) is 21.7. The van der Waals surface area contributed by atoms with E-state index in [0.29, 0.717) is 20.9 Å². The summed E-state index contributed by atoms with van der Waals surface area (Å²) in [5.74, 6) is -2.72. The van der Waals surface area contributed by atoms with Gasteiger partial charge in [0, 0.05) is 11.2 Å². The van der Waals surface area contributed by atoms with E-state index >= 15 is 0 Å². The van der Waals surface area contributed by atoms with Crippen molar-refractivity contribution in [2.75, 3.05) is 5.32 Å². The van der Waals surface area contributed by atoms with Gasteiger partial charge in [-0.05, 0) is 66.6 Å². The number of carbonyl (C=O) groups is 2. The molecule has 3 heterocycles. The average Bonchev–Trinajstić information content (AvgIpc) is 3.63. The number of nitrogens with one attached hydrogen (secondary N) is 2. The summed E-state index contributed by atoms with van der Waals surface area (Å²) in [6.07, 6.45) is -3.39. The minimum Gasteiger partial charge on any atom is -0.345 e. The van der Waals surface area contributed by atoms with Crippen LogP contribution in [0.4, 0.5) is 18.9 Å². The van der Waals surface area contributed by atoms with E-state index in [4.69, 9.17) is 46.4 Å². The maximum absolute atomic E-state index is 13.8. The Morgan fingerprint density at radius 3 is 2.41 bits per heavy atom. The highest BCUT2D eigenvalue weighted by Gasteiger charge is 2.37. The van der Waals surface area contributed by atoms with Gasteiger partial charge in [-0.3, -0.25) is 9.59 Å². The Balaban J connectivity index is 1.49. The highest BCUT2D eigenvalue weighted by molar-refractivity contribution is 6.42. The molecule has 0 aliphatic heterocycles. The molecule has 0 saturated carbocycles. The van der Waals surface area contributed by atoms with Crippen LogP contribution in [0.1, 0.15) is 56.5 Å². The van der Waals surface area contributed by atoms with Gasteiger partial charge in [-0.15, -0.1) is 10.2 Å². The number of benzene rings is 2. The predicted octanol–water partition coefficient (Wildman–Crippen LogP) is 6.99. The van der Waals surface area contributed by atoms with Crippen LogP contribution in [-0.2, 0) is 12.7 Å². The monoisotopic (exact) mass is 711 g/mol. The summed E-state index contributed by atoms with van der Waals surface area (Å²) in [6.45, 7) is 2.98. The van der Waals surface area contributed by atoms with Crippen molar-refractivity contribution >= 4 is 63.9 Å². The van der Waals surface area contributed by atoms with Crippen LogP contribution in [0.2, 0.25) is 20.1 Å². The quantitative estimate of drug-likeness (QED) is 0.177. The van der Waals surface area contributed by atoms with Gasteiger partial charge < -0.3 is 10.6 Å². The molecule has 5 aromatic rings. The molecule has 3 aromatic heterocycles. The van der Waals surface area contributed by atoms with Gasteiger partial charge in [-0.2, -0.15) is 23.1 Å². The lowest BCUT2D eigenvalue weighted by Crippen LogP contribution is -2.29. The normalized spacial score (nSPS) is 12.2. The SMILES string of the molecule is Cc1cc(Cl)cc(C(=O)NC(C)c2cccc(Cl)c2Cl)c1NC(=O)c1cc(Cn2nnc(C(F)(F)F)n2)nn1-c1ncccc1Cl. The van der Waals surface area contributed by atoms with Crippen molar-refractivity contribution in [2.24, 2.45) is 0 Å². The third-order valence-corrected chi connectivity index (χ3v) is 7.87. The maximum atomic E-state index is 13.8. The molecule has 0 aliphatic carbocycles. The molecule has 1 unspecified atom stereocenters. The molecule has 0 fully saturated rings. The number of hydrogen-bond acceptors (Lipinski definition) is 7. The number of nitrogens with zero attached hydrogens (tertiary/aromatic N) is 7. The Hall–Kier alpha value is -4.24. The number of carbonyl (C=O) groups excluding carboxylic acids is 2. The molecule has 238 valence electrons. The van der Waals surface area contributed by atoms with Crippen LogP contribution in [-0.4, -0.2) is 46.8 Å². The lowest BCUT2D eigenvalue weighted by Gasteiger charge is -2.19. The zero-order valence-electron chi connectivity index (χ0n) is 23.6. The van der Waals surface area contributed by atoms with Gasteiger partial charge in [0.05, 0.1) is 38.1 Å². The minimum absolute atomic E-state index is 0.0389. The smallest absolute Gasteiger partial charge is 0.345 e. The molecule has 0 radical (unpaired) electrons. The summed E-state index contributed by atoms with van der Waals surface area (Å²) in [7, 11) is 0. The van der Waals surface area contributed by atoms with Crippen molar-refractivity contribution in [2.45, 2.75) is 32.6 Å². The van der Waals surface area contributed by atoms with Crippen LogP contribution in [0.5, 0.6) is 0 Å². The van der Waals surface area contributed by atoms with Crippen molar-refractivity contribution in [3.8, 4) is 5.82 Å². The van der Waals surface area contributed by atoms with Gasteiger partial charge >= 0.3 is 6.18 Å². The molecule has 2 amide bonds. The summed E-state index contributed by atoms with van der Waals surface area (Å²) in [4.78, 5) is 32.2. The van der Waals surface area contributed by atoms with Crippen LogP contribution in [0.25, 0.3) is 5.82 Å². The number of tetrazole rings is 1. The molecule has 5 rings (SSSR count). The summed E-state index contributed by atoms with van der Waals surface area (Å²) in [5.41, 5.74) is 1.15. The van der Waals surface area contributed by atoms with E-state index in [0.717, 1.165) is 4.68 Å². The lowest BCUT2D eigenvalue weighted by molar-refractivity contribution is -0.145. The molecule has 2 aromatic carbocycles. The molecule has 46 heavy (non-hydrogen) atoms. The minimum atomic E-state index is -4.80. The second kappa shape index (κ2) is 13.2. The Bertz CT molecular complexity index is 1960. The molecule has 2 N–H and O–H groups in total. The van der Waals surface area contributed by atoms with Crippen LogP contribution in [0.15, 0.2) is 54.7 Å². The van der Waals surface area contributed by atoms with Crippen LogP contribution < -0.4 is 10.6 Å². The van der Waals surface area contributed by atoms with E-state index in [1.54, 1.807) is 44.2 Å². The van der Waals surface area contributed by atoms with Crippen molar-refractivity contribution in [1.29, 1.82) is 0 Å². The van der Waals surface area contributed by atoms with Gasteiger partial charge in [0.15, 0.2) is 5.82 Å². The summed E-state index contributed by atoms with van der Waals surface area (Å²) in [6, 6.07) is 11.8. The molecular formula is C28H20Cl4F3N9O2. The number of aryl methyl sites for hydroxylation is 1. The van der Waals surface area contributed by atoms with E-state index in [1.807, 2.05) is 0 Å². The van der Waals surface area contributed by atoms with Crippen molar-refractivity contribution in [3.63, 3.8) is 0 Å². The number of alkyl halides is 3. The summed E-state index contributed by atoms with van der Waals surface area (Å²) in [5, 5.41) is 20.6. The van der Waals surface area contributed by atoms with Crippen molar-refractivity contribution < 1.29 is 22.8 Å². The molecule has 0 aliphatic rings. The van der Waals surface area contributed by atoms with Crippen LogP contribution in [0, 0.1) is 6.92 Å². The second-order valence-electron chi connectivity index (χ2n) is 9.82. The zero-order valence-corrected chi connectivity index (χ0v) is 26.6. The average molecular weight is 713 g/mol. The third-order valence-electron chi connectivity index (χ3n) is 6.52. The maximum Gasteiger partial charge on any atom is 0.455 e. The largest absolute Gasteiger partial charge is 0.455 e. The van der Waals surface area contributed by atoms with Crippen molar-refractivity contribution in [1.82, 2.24) is 40.3 Å². The number of hydrogen-bond donors (Lipinski definition) is 2. The highest BCUT2D eigenvalue weighted by atomic mass is 35.5. The molecule has 1 atom stereocenters. The van der Waals surface area contributed by atoms with Gasteiger partial charge in [0.1, 0.15) is 12.2 Å². The van der Waals surface area contributed by atoms with E-state index in [-0.39, 0.29) is 50.1 Å². The van der Waals surface area contributed by atoms with Gasteiger partial charge in [-0.1, -0.05) is 58.5 Å². The first kappa shape index (κ1) is 33.1. The fourth-order valence-electron chi connectivity index (χ4n) is 4.41. The molecule has 11 nitrogen and oxygen atoms in total. The standard InChI is InChI=1S/C28H20Cl4F3N9O2/c1-13-9-15(29)10-18(25(45)37-14(2)17-5-3-6-19(30)22(17)32)23(13)38-26(46)21-11-16(12-43-41-27(39-42-43)28(33,34)35)40-44(21)24-20(31)7-4-8-36-24/h3-11,14H,12H2,1-2H3,(H,37,45)(H,38,46). The van der Waals surface area contributed by atoms with E-state index < -0.39 is 29.9 Å². The summed E-state index contributed by atoms with van der Waals surface area (Å²) >= 11 is 25.1. The second-order valence-corrected chi connectivity index (χ2v) is 11.4. The zero-order chi connectivity index (χ0) is 33.3. The van der Waals surface area contributed by atoms with Gasteiger partial charge in [0.2, 0.25) is 0 Å². The topological polar surface area (TPSA) is 133 Å². The number of amides is 2. The fraction of sp³-hybridized carbons (Fsp3) is 0.179. The predicted molar refractivity (Wildman–Crippen MR) is 165 cm³/mol. The number of rotatable bonds is 8. The van der Waals surface area contributed by atoms with Gasteiger partial charge in [0.25, 0.3) is 17.6 Å². The molecule has 18 heteroatoms. The number of pyridine rings is 1. The fourth-order valence-corrected chi connectivity index (χ4v) is 5.35.